The van der Waals surface area contributed by atoms with Crippen LogP contribution < -0.4 is 0 Å². The minimum absolute atomic E-state index is 0.170. The second-order valence-electron chi connectivity index (χ2n) is 5.95. The van der Waals surface area contributed by atoms with Gasteiger partial charge in [-0.25, -0.2) is 4.39 Å². The van der Waals surface area contributed by atoms with Crippen LogP contribution in [0.1, 0.15) is 48.7 Å². The fraction of sp³-hybridized carbons (Fsp3) is 0.471. The minimum atomic E-state index is -0.359. The summed E-state index contributed by atoms with van der Waals surface area (Å²) in [5.41, 5.74) is 1.92. The highest BCUT2D eigenvalue weighted by Crippen LogP contribution is 2.31. The number of halogens is 2. The monoisotopic (exact) mass is 322 g/mol. The lowest BCUT2D eigenvalue weighted by Crippen LogP contribution is -2.28. The molecule has 0 aliphatic carbocycles. The summed E-state index contributed by atoms with van der Waals surface area (Å²) in [6.45, 7) is 3.59. The number of rotatable bonds is 3. The molecule has 2 aromatic rings. The molecule has 1 aromatic carbocycles. The van der Waals surface area contributed by atoms with Crippen molar-refractivity contribution in [1.29, 1.82) is 0 Å². The lowest BCUT2D eigenvalue weighted by atomic mass is 10.1. The molecule has 1 aliphatic heterocycles. The molecule has 0 saturated carbocycles. The second-order valence-corrected chi connectivity index (χ2v) is 6.35. The first kappa shape index (κ1) is 15.5. The Kier molecular flexibility index (Phi) is 4.79. The van der Waals surface area contributed by atoms with E-state index in [1.807, 2.05) is 19.1 Å². The highest BCUT2D eigenvalue weighted by atomic mass is 35.5. The number of nitrogens with zero attached hydrogens (tertiary/aromatic N) is 2. The largest absolute Gasteiger partial charge is 0.361 e. The van der Waals surface area contributed by atoms with Gasteiger partial charge in [-0.3, -0.25) is 4.90 Å². The van der Waals surface area contributed by atoms with Crippen LogP contribution in [0.4, 0.5) is 4.39 Å². The Balaban J connectivity index is 1.82. The van der Waals surface area contributed by atoms with Crippen LogP contribution in [0.5, 0.6) is 0 Å². The van der Waals surface area contributed by atoms with E-state index in [0.29, 0.717) is 6.54 Å². The predicted molar refractivity (Wildman–Crippen MR) is 84.3 cm³/mol. The molecule has 0 N–H and O–H groups in total. The van der Waals surface area contributed by atoms with E-state index < -0.39 is 0 Å². The van der Waals surface area contributed by atoms with E-state index in [4.69, 9.17) is 16.1 Å². The number of benzene rings is 1. The summed E-state index contributed by atoms with van der Waals surface area (Å²) in [6.07, 6.45) is 4.62. The molecule has 3 rings (SSSR count). The summed E-state index contributed by atoms with van der Waals surface area (Å²) < 4.78 is 18.9. The third-order valence-electron chi connectivity index (χ3n) is 4.22. The summed E-state index contributed by atoms with van der Waals surface area (Å²) in [4.78, 5) is 2.37. The molecule has 118 valence electrons. The van der Waals surface area contributed by atoms with Crippen molar-refractivity contribution in [3.8, 4) is 0 Å². The molecule has 0 amide bonds. The van der Waals surface area contributed by atoms with E-state index in [-0.39, 0.29) is 16.9 Å². The predicted octanol–water partition coefficient (Wildman–Crippen LogP) is 4.89. The quantitative estimate of drug-likeness (QED) is 0.805. The Morgan fingerprint density at radius 1 is 1.32 bits per heavy atom. The molecule has 1 aromatic heterocycles. The Morgan fingerprint density at radius 3 is 2.91 bits per heavy atom. The van der Waals surface area contributed by atoms with Gasteiger partial charge in [0.15, 0.2) is 0 Å². The lowest BCUT2D eigenvalue weighted by molar-refractivity contribution is 0.183. The van der Waals surface area contributed by atoms with Crippen LogP contribution in [0.25, 0.3) is 0 Å². The highest BCUT2D eigenvalue weighted by molar-refractivity contribution is 6.30. The van der Waals surface area contributed by atoms with Crippen LogP contribution in [0.3, 0.4) is 0 Å². The molecule has 0 unspecified atom stereocenters. The maximum atomic E-state index is 13.7. The van der Waals surface area contributed by atoms with Crippen LogP contribution in [-0.2, 0) is 6.54 Å². The molecule has 1 fully saturated rings. The number of aromatic nitrogens is 1. The Labute approximate surface area is 135 Å². The minimum Gasteiger partial charge on any atom is -0.361 e. The summed E-state index contributed by atoms with van der Waals surface area (Å²) in [6, 6.07) is 7.28. The first-order valence-corrected chi connectivity index (χ1v) is 8.12. The molecular formula is C17H20ClFN2O. The number of likely N-dealkylation sites (tertiary alicyclic amines) is 1. The van der Waals surface area contributed by atoms with Gasteiger partial charge in [0.05, 0.1) is 11.1 Å². The van der Waals surface area contributed by atoms with Crippen molar-refractivity contribution in [3.63, 3.8) is 0 Å². The van der Waals surface area contributed by atoms with Crippen LogP contribution in [0, 0.1) is 12.7 Å². The van der Waals surface area contributed by atoms with Crippen molar-refractivity contribution in [2.24, 2.45) is 0 Å². The van der Waals surface area contributed by atoms with E-state index >= 15 is 0 Å². The third kappa shape index (κ3) is 3.50. The normalized spacial score (nSPS) is 20.0. The fourth-order valence-corrected chi connectivity index (χ4v) is 3.22. The van der Waals surface area contributed by atoms with Crippen LogP contribution in [0.15, 0.2) is 28.8 Å². The summed E-state index contributed by atoms with van der Waals surface area (Å²) in [5, 5.41) is 4.36. The van der Waals surface area contributed by atoms with E-state index in [1.54, 1.807) is 6.07 Å². The standard InChI is InChI=1S/C17H20ClFN2O/c1-12-9-16(20-22-12)17-5-3-2-4-8-21(17)11-13-6-7-14(18)15(19)10-13/h6-7,9-10,17H,2-5,8,11H2,1H3/t17-/m0/s1. The lowest BCUT2D eigenvalue weighted by Gasteiger charge is -2.28. The van der Waals surface area contributed by atoms with Crippen molar-refractivity contribution in [2.45, 2.75) is 45.2 Å². The smallest absolute Gasteiger partial charge is 0.142 e. The molecule has 0 bridgehead atoms. The molecule has 5 heteroatoms. The summed E-state index contributed by atoms with van der Waals surface area (Å²) in [5.74, 6) is 0.472. The SMILES string of the molecule is Cc1cc([C@@H]2CCCCCN2Cc2ccc(Cl)c(F)c2)no1. The van der Waals surface area contributed by atoms with Gasteiger partial charge in [0.25, 0.3) is 0 Å². The molecule has 1 aliphatic rings. The molecule has 0 spiro atoms. The fourth-order valence-electron chi connectivity index (χ4n) is 3.11. The van der Waals surface area contributed by atoms with Gasteiger partial charge >= 0.3 is 0 Å². The number of hydrogen-bond acceptors (Lipinski definition) is 3. The molecule has 1 atom stereocenters. The number of aryl methyl sites for hydroxylation is 1. The highest BCUT2D eigenvalue weighted by Gasteiger charge is 2.25. The van der Waals surface area contributed by atoms with Crippen molar-refractivity contribution in [1.82, 2.24) is 10.1 Å². The van der Waals surface area contributed by atoms with E-state index in [1.165, 1.54) is 18.9 Å². The van der Waals surface area contributed by atoms with Gasteiger partial charge < -0.3 is 4.52 Å². The van der Waals surface area contributed by atoms with Gasteiger partial charge in [0.2, 0.25) is 0 Å². The van der Waals surface area contributed by atoms with Crippen LogP contribution in [0.2, 0.25) is 5.02 Å². The van der Waals surface area contributed by atoms with Crippen LogP contribution in [-0.4, -0.2) is 16.6 Å². The van der Waals surface area contributed by atoms with Crippen molar-refractivity contribution < 1.29 is 8.91 Å². The Bertz CT molecular complexity index is 643. The maximum Gasteiger partial charge on any atom is 0.142 e. The average Bonchev–Trinajstić information content (AvgIpc) is 2.79. The maximum absolute atomic E-state index is 13.7. The molecule has 22 heavy (non-hydrogen) atoms. The van der Waals surface area contributed by atoms with Crippen molar-refractivity contribution in [2.75, 3.05) is 6.54 Å². The van der Waals surface area contributed by atoms with E-state index in [0.717, 1.165) is 36.4 Å². The van der Waals surface area contributed by atoms with Crippen molar-refractivity contribution in [3.05, 3.63) is 52.1 Å². The Morgan fingerprint density at radius 2 is 2.18 bits per heavy atom. The van der Waals surface area contributed by atoms with Gasteiger partial charge in [0.1, 0.15) is 17.3 Å². The zero-order chi connectivity index (χ0) is 15.5. The molecule has 3 nitrogen and oxygen atoms in total. The molecular weight excluding hydrogens is 303 g/mol. The zero-order valence-electron chi connectivity index (χ0n) is 12.7. The molecule has 1 saturated heterocycles. The zero-order valence-corrected chi connectivity index (χ0v) is 13.4. The first-order valence-electron chi connectivity index (χ1n) is 7.74. The number of hydrogen-bond donors (Lipinski definition) is 0. The van der Waals surface area contributed by atoms with Gasteiger partial charge in [0, 0.05) is 12.6 Å². The van der Waals surface area contributed by atoms with Gasteiger partial charge in [-0.15, -0.1) is 0 Å². The van der Waals surface area contributed by atoms with Crippen molar-refractivity contribution >= 4 is 11.6 Å². The third-order valence-corrected chi connectivity index (χ3v) is 4.53. The van der Waals surface area contributed by atoms with E-state index in [2.05, 4.69) is 10.1 Å². The summed E-state index contributed by atoms with van der Waals surface area (Å²) >= 11 is 5.77. The summed E-state index contributed by atoms with van der Waals surface area (Å²) in [7, 11) is 0. The molecule has 0 radical (unpaired) electrons. The van der Waals surface area contributed by atoms with Gasteiger partial charge in [-0.05, 0) is 44.0 Å². The Hall–Kier alpha value is -1.39. The van der Waals surface area contributed by atoms with Gasteiger partial charge in [-0.2, -0.15) is 0 Å². The first-order chi connectivity index (χ1) is 10.6. The topological polar surface area (TPSA) is 29.3 Å². The second kappa shape index (κ2) is 6.80. The average molecular weight is 323 g/mol. The molecule has 2 heterocycles. The van der Waals surface area contributed by atoms with Crippen LogP contribution >= 0.6 is 11.6 Å². The van der Waals surface area contributed by atoms with Gasteiger partial charge in [-0.1, -0.05) is 35.7 Å². The van der Waals surface area contributed by atoms with E-state index in [9.17, 15) is 4.39 Å².